The van der Waals surface area contributed by atoms with E-state index in [0.717, 1.165) is 0 Å². The summed E-state index contributed by atoms with van der Waals surface area (Å²) in [6.45, 7) is 5.22. The van der Waals surface area contributed by atoms with Crippen molar-refractivity contribution in [1.82, 2.24) is 0 Å². The van der Waals surface area contributed by atoms with Gasteiger partial charge in [0.05, 0.1) is 17.9 Å². The van der Waals surface area contributed by atoms with Crippen LogP contribution in [0, 0.1) is 16.7 Å². The number of hydrogen-bond donors (Lipinski definition) is 1. The molecule has 0 saturated heterocycles. The van der Waals surface area contributed by atoms with E-state index in [9.17, 15) is 9.00 Å². The van der Waals surface area contributed by atoms with Crippen molar-refractivity contribution in [3.63, 3.8) is 0 Å². The second-order valence-corrected chi connectivity index (χ2v) is 6.21. The number of aliphatic carboxylic acids is 1. The van der Waals surface area contributed by atoms with Gasteiger partial charge in [-0.05, 0) is 20.3 Å². The van der Waals surface area contributed by atoms with Gasteiger partial charge in [0, 0.05) is 21.8 Å². The Kier molecular flexibility index (Phi) is 5.51. The number of nitriles is 1. The molecule has 0 bridgehead atoms. The van der Waals surface area contributed by atoms with Crippen molar-refractivity contribution in [2.45, 2.75) is 38.9 Å². The minimum absolute atomic E-state index is 0.0837. The first-order chi connectivity index (χ1) is 6.78. The molecule has 4 nitrogen and oxygen atoms in total. The molecule has 86 valence electrons. The maximum atomic E-state index is 11.6. The highest BCUT2D eigenvalue weighted by atomic mass is 32.2. The predicted molar refractivity (Wildman–Crippen MR) is 58.7 cm³/mol. The highest BCUT2D eigenvalue weighted by Gasteiger charge is 2.21. The number of rotatable bonds is 6. The molecule has 0 fully saturated rings. The lowest BCUT2D eigenvalue weighted by atomic mass is 9.93. The van der Waals surface area contributed by atoms with Gasteiger partial charge >= 0.3 is 5.97 Å². The van der Waals surface area contributed by atoms with Crippen LogP contribution in [-0.4, -0.2) is 26.3 Å². The van der Waals surface area contributed by atoms with E-state index in [1.807, 2.05) is 0 Å². The van der Waals surface area contributed by atoms with Crippen molar-refractivity contribution in [1.29, 1.82) is 5.26 Å². The quantitative estimate of drug-likeness (QED) is 0.752. The fourth-order valence-corrected chi connectivity index (χ4v) is 2.39. The first kappa shape index (κ1) is 14.1. The summed E-state index contributed by atoms with van der Waals surface area (Å²) in [7, 11) is -1.17. The lowest BCUT2D eigenvalue weighted by Gasteiger charge is -2.16. The molecule has 0 amide bonds. The van der Waals surface area contributed by atoms with Gasteiger partial charge in [-0.15, -0.1) is 0 Å². The summed E-state index contributed by atoms with van der Waals surface area (Å²) in [4.78, 5) is 10.4. The Bertz CT molecular complexity index is 294. The van der Waals surface area contributed by atoms with E-state index in [1.54, 1.807) is 20.8 Å². The Labute approximate surface area is 92.7 Å². The molecule has 0 aromatic carbocycles. The fraction of sp³-hybridized carbons (Fsp3) is 0.800. The van der Waals surface area contributed by atoms with Crippen LogP contribution in [0.3, 0.4) is 0 Å². The molecule has 0 rings (SSSR count). The standard InChI is InChI=1S/C10H17NO3S/c1-8(6-9(12)13)15(14)5-4-10(2,3)7-11/h8H,4-6H2,1-3H3,(H,12,13). The van der Waals surface area contributed by atoms with Crippen LogP contribution in [0.15, 0.2) is 0 Å². The van der Waals surface area contributed by atoms with Crippen LogP contribution < -0.4 is 0 Å². The van der Waals surface area contributed by atoms with Gasteiger partial charge in [0.25, 0.3) is 0 Å². The zero-order valence-electron chi connectivity index (χ0n) is 9.32. The van der Waals surface area contributed by atoms with Gasteiger partial charge in [-0.2, -0.15) is 5.26 Å². The monoisotopic (exact) mass is 231 g/mol. The molecule has 0 aliphatic rings. The smallest absolute Gasteiger partial charge is 0.304 e. The molecule has 0 radical (unpaired) electrons. The molecule has 0 aromatic rings. The maximum absolute atomic E-state index is 11.6. The van der Waals surface area contributed by atoms with Crippen molar-refractivity contribution in [2.24, 2.45) is 5.41 Å². The lowest BCUT2D eigenvalue weighted by Crippen LogP contribution is -2.21. The van der Waals surface area contributed by atoms with Gasteiger partial charge in [0.1, 0.15) is 0 Å². The molecule has 15 heavy (non-hydrogen) atoms. The van der Waals surface area contributed by atoms with E-state index in [1.165, 1.54) is 0 Å². The highest BCUT2D eigenvalue weighted by molar-refractivity contribution is 7.85. The van der Waals surface area contributed by atoms with E-state index >= 15 is 0 Å². The van der Waals surface area contributed by atoms with E-state index in [-0.39, 0.29) is 11.7 Å². The molecule has 0 spiro atoms. The third-order valence-corrected chi connectivity index (χ3v) is 3.81. The zero-order valence-corrected chi connectivity index (χ0v) is 10.1. The van der Waals surface area contributed by atoms with Crippen molar-refractivity contribution < 1.29 is 14.1 Å². The van der Waals surface area contributed by atoms with E-state index in [2.05, 4.69) is 6.07 Å². The Balaban J connectivity index is 4.05. The number of carboxylic acids is 1. The maximum Gasteiger partial charge on any atom is 0.304 e. The molecular weight excluding hydrogens is 214 g/mol. The van der Waals surface area contributed by atoms with Crippen LogP contribution >= 0.6 is 0 Å². The van der Waals surface area contributed by atoms with Crippen molar-refractivity contribution in [3.05, 3.63) is 0 Å². The molecule has 0 aliphatic heterocycles. The molecule has 0 aliphatic carbocycles. The summed E-state index contributed by atoms with van der Waals surface area (Å²) in [6, 6.07) is 2.13. The van der Waals surface area contributed by atoms with Crippen LogP contribution in [0.5, 0.6) is 0 Å². The Morgan fingerprint density at radius 3 is 2.53 bits per heavy atom. The van der Waals surface area contributed by atoms with Crippen LogP contribution in [0.4, 0.5) is 0 Å². The van der Waals surface area contributed by atoms with Crippen molar-refractivity contribution >= 4 is 16.8 Å². The summed E-state index contributed by atoms with van der Waals surface area (Å²) in [5, 5.41) is 16.9. The average molecular weight is 231 g/mol. The number of carbonyl (C=O) groups is 1. The highest BCUT2D eigenvalue weighted by Crippen LogP contribution is 2.19. The first-order valence-corrected chi connectivity index (χ1v) is 6.17. The second kappa shape index (κ2) is 5.86. The Morgan fingerprint density at radius 2 is 2.13 bits per heavy atom. The summed E-state index contributed by atoms with van der Waals surface area (Å²) in [5.74, 6) is -0.551. The topological polar surface area (TPSA) is 78.2 Å². The summed E-state index contributed by atoms with van der Waals surface area (Å²) in [5.41, 5.74) is -0.487. The van der Waals surface area contributed by atoms with Crippen molar-refractivity contribution in [2.75, 3.05) is 5.75 Å². The third kappa shape index (κ3) is 6.24. The molecule has 0 aromatic heterocycles. The molecular formula is C10H17NO3S. The van der Waals surface area contributed by atoms with Crippen LogP contribution in [0.1, 0.15) is 33.6 Å². The molecule has 2 atom stereocenters. The molecule has 0 saturated carbocycles. The average Bonchev–Trinajstić information content (AvgIpc) is 2.13. The fourth-order valence-electron chi connectivity index (χ4n) is 0.952. The lowest BCUT2D eigenvalue weighted by molar-refractivity contribution is -0.136. The zero-order chi connectivity index (χ0) is 12.1. The van der Waals surface area contributed by atoms with Crippen molar-refractivity contribution in [3.8, 4) is 6.07 Å². The summed E-state index contributed by atoms with van der Waals surface area (Å²) in [6.07, 6.45) is 0.444. The largest absolute Gasteiger partial charge is 0.481 e. The minimum atomic E-state index is -1.17. The van der Waals surface area contributed by atoms with Gasteiger partial charge in [-0.1, -0.05) is 6.92 Å². The molecule has 5 heteroatoms. The number of hydrogen-bond acceptors (Lipinski definition) is 3. The third-order valence-electron chi connectivity index (χ3n) is 2.14. The van der Waals surface area contributed by atoms with Gasteiger partial charge in [0.15, 0.2) is 0 Å². The SMILES string of the molecule is CC(CC(=O)O)S(=O)CCC(C)(C)C#N. The summed E-state index contributed by atoms with van der Waals surface area (Å²) >= 11 is 0. The Morgan fingerprint density at radius 1 is 1.60 bits per heavy atom. The van der Waals surface area contributed by atoms with Crippen LogP contribution in [0.2, 0.25) is 0 Å². The van der Waals surface area contributed by atoms with Gasteiger partial charge in [-0.3, -0.25) is 9.00 Å². The molecule has 0 heterocycles. The minimum Gasteiger partial charge on any atom is -0.481 e. The van der Waals surface area contributed by atoms with E-state index in [0.29, 0.717) is 12.2 Å². The van der Waals surface area contributed by atoms with E-state index in [4.69, 9.17) is 10.4 Å². The predicted octanol–water partition coefficient (Wildman–Crippen LogP) is 1.54. The molecule has 2 unspecified atom stereocenters. The van der Waals surface area contributed by atoms with Crippen LogP contribution in [-0.2, 0) is 15.6 Å². The number of nitrogens with zero attached hydrogens (tertiary/aromatic N) is 1. The van der Waals surface area contributed by atoms with Crippen LogP contribution in [0.25, 0.3) is 0 Å². The normalized spacial score (nSPS) is 15.3. The molecule has 1 N–H and O–H groups in total. The first-order valence-electron chi connectivity index (χ1n) is 4.79. The van der Waals surface area contributed by atoms with Gasteiger partial charge in [-0.25, -0.2) is 0 Å². The van der Waals surface area contributed by atoms with Gasteiger partial charge in [0.2, 0.25) is 0 Å². The second-order valence-electron chi connectivity index (χ2n) is 4.24. The number of carboxylic acid groups (broad SMARTS) is 1. The van der Waals surface area contributed by atoms with E-state index < -0.39 is 22.2 Å². The van der Waals surface area contributed by atoms with Gasteiger partial charge < -0.3 is 5.11 Å². The summed E-state index contributed by atoms with van der Waals surface area (Å²) < 4.78 is 11.6. The Hall–Kier alpha value is -0.890.